The summed E-state index contributed by atoms with van der Waals surface area (Å²) in [5, 5.41) is 6.13. The third-order valence-electron chi connectivity index (χ3n) is 4.55. The lowest BCUT2D eigenvalue weighted by atomic mass is 9.97. The highest BCUT2D eigenvalue weighted by atomic mass is 35.5. The Hall–Kier alpha value is -2.86. The largest absolute Gasteiger partial charge is 0.462 e. The maximum atomic E-state index is 12.8. The number of benzene rings is 2. The first kappa shape index (κ1) is 22.4. The van der Waals surface area contributed by atoms with Crippen molar-refractivity contribution in [3.05, 3.63) is 64.7 Å². The number of esters is 1. The van der Waals surface area contributed by atoms with Crippen LogP contribution in [-0.4, -0.2) is 30.4 Å². The zero-order chi connectivity index (χ0) is 21.4. The summed E-state index contributed by atoms with van der Waals surface area (Å²) >= 11 is 5.86. The average molecular weight is 417 g/mol. The first-order valence-corrected chi connectivity index (χ1v) is 9.88. The fourth-order valence-corrected chi connectivity index (χ4v) is 2.78. The third kappa shape index (κ3) is 6.32. The van der Waals surface area contributed by atoms with Gasteiger partial charge < -0.3 is 15.4 Å². The number of nitrogens with one attached hydrogen (secondary N) is 2. The van der Waals surface area contributed by atoms with Crippen molar-refractivity contribution in [1.82, 2.24) is 5.32 Å². The van der Waals surface area contributed by atoms with Crippen LogP contribution in [0.1, 0.15) is 47.9 Å². The molecule has 0 saturated heterocycles. The molecule has 2 N–H and O–H groups in total. The number of ether oxygens (including phenoxy) is 1. The van der Waals surface area contributed by atoms with E-state index in [4.69, 9.17) is 16.3 Å². The standard InChI is InChI=1S/C22H25ClN2O4/c1-4-14(3)19(25-20(26)15-6-10-17(23)11-7-15)21(27)24-18-12-8-16(9-13-18)22(28)29-5-2/h6-14,19H,4-5H2,1-3H3,(H,24,27)(H,25,26)/t14-,19-/m0/s1. The molecule has 7 heteroatoms. The highest BCUT2D eigenvalue weighted by molar-refractivity contribution is 6.30. The maximum absolute atomic E-state index is 12.8. The quantitative estimate of drug-likeness (QED) is 0.628. The molecule has 2 aromatic carbocycles. The molecule has 2 atom stereocenters. The molecule has 0 heterocycles. The summed E-state index contributed by atoms with van der Waals surface area (Å²) in [4.78, 5) is 37.1. The van der Waals surface area contributed by atoms with Crippen molar-refractivity contribution < 1.29 is 19.1 Å². The minimum Gasteiger partial charge on any atom is -0.462 e. The molecule has 0 bridgehead atoms. The van der Waals surface area contributed by atoms with E-state index in [-0.39, 0.29) is 17.7 Å². The van der Waals surface area contributed by atoms with E-state index in [2.05, 4.69) is 10.6 Å². The number of anilines is 1. The topological polar surface area (TPSA) is 84.5 Å². The van der Waals surface area contributed by atoms with Gasteiger partial charge in [-0.1, -0.05) is 31.9 Å². The molecular weight excluding hydrogens is 392 g/mol. The second-order valence-corrected chi connectivity index (χ2v) is 7.07. The van der Waals surface area contributed by atoms with E-state index >= 15 is 0 Å². The zero-order valence-electron chi connectivity index (χ0n) is 16.7. The van der Waals surface area contributed by atoms with Crippen LogP contribution in [0.2, 0.25) is 5.02 Å². The number of hydrogen-bond acceptors (Lipinski definition) is 4. The Labute approximate surface area is 175 Å². The van der Waals surface area contributed by atoms with E-state index < -0.39 is 12.0 Å². The Morgan fingerprint density at radius 3 is 2.10 bits per heavy atom. The molecule has 2 aromatic rings. The fourth-order valence-electron chi connectivity index (χ4n) is 2.65. The number of amides is 2. The highest BCUT2D eigenvalue weighted by Crippen LogP contribution is 2.15. The molecule has 0 aromatic heterocycles. The number of carbonyl (C=O) groups excluding carboxylic acids is 3. The minimum absolute atomic E-state index is 0.0787. The van der Waals surface area contributed by atoms with Crippen LogP contribution in [0.3, 0.4) is 0 Å². The number of halogens is 1. The van der Waals surface area contributed by atoms with E-state index in [9.17, 15) is 14.4 Å². The van der Waals surface area contributed by atoms with Gasteiger partial charge in [0.25, 0.3) is 5.91 Å². The predicted octanol–water partition coefficient (Wildman–Crippen LogP) is 4.30. The van der Waals surface area contributed by atoms with Gasteiger partial charge in [-0.15, -0.1) is 0 Å². The lowest BCUT2D eigenvalue weighted by molar-refractivity contribution is -0.119. The summed E-state index contributed by atoms with van der Waals surface area (Å²) in [6.45, 7) is 5.88. The van der Waals surface area contributed by atoms with E-state index in [0.717, 1.165) is 0 Å². The summed E-state index contributed by atoms with van der Waals surface area (Å²) in [7, 11) is 0. The molecule has 2 rings (SSSR count). The Balaban J connectivity index is 2.09. The van der Waals surface area contributed by atoms with Gasteiger partial charge in [-0.2, -0.15) is 0 Å². The van der Waals surface area contributed by atoms with Crippen molar-refractivity contribution in [2.45, 2.75) is 33.2 Å². The van der Waals surface area contributed by atoms with Crippen molar-refractivity contribution in [1.29, 1.82) is 0 Å². The molecule has 0 fully saturated rings. The summed E-state index contributed by atoms with van der Waals surface area (Å²) < 4.78 is 4.94. The van der Waals surface area contributed by atoms with Crippen molar-refractivity contribution in [3.63, 3.8) is 0 Å². The highest BCUT2D eigenvalue weighted by Gasteiger charge is 2.26. The predicted molar refractivity (Wildman–Crippen MR) is 113 cm³/mol. The summed E-state index contributed by atoms with van der Waals surface area (Å²) in [5.74, 6) is -1.17. The van der Waals surface area contributed by atoms with Crippen LogP contribution in [-0.2, 0) is 9.53 Å². The molecule has 0 spiro atoms. The summed E-state index contributed by atoms with van der Waals surface area (Å²) in [6, 6.07) is 12.2. The molecule has 0 saturated carbocycles. The molecule has 6 nitrogen and oxygen atoms in total. The normalized spacial score (nSPS) is 12.6. The van der Waals surface area contributed by atoms with Crippen molar-refractivity contribution in [3.8, 4) is 0 Å². The Morgan fingerprint density at radius 1 is 0.966 bits per heavy atom. The minimum atomic E-state index is -0.715. The smallest absolute Gasteiger partial charge is 0.338 e. The number of hydrogen-bond donors (Lipinski definition) is 2. The SMILES string of the molecule is CCOC(=O)c1ccc(NC(=O)[C@@H](NC(=O)c2ccc(Cl)cc2)[C@@H](C)CC)cc1. The molecule has 29 heavy (non-hydrogen) atoms. The molecular formula is C22H25ClN2O4. The van der Waals surface area contributed by atoms with E-state index in [1.165, 1.54) is 0 Å². The van der Waals surface area contributed by atoms with Gasteiger partial charge in [-0.3, -0.25) is 9.59 Å². The summed E-state index contributed by atoms with van der Waals surface area (Å²) in [6.07, 6.45) is 0.709. The lowest BCUT2D eigenvalue weighted by Gasteiger charge is -2.23. The van der Waals surface area contributed by atoms with E-state index in [1.54, 1.807) is 55.5 Å². The molecule has 0 aliphatic carbocycles. The van der Waals surface area contributed by atoms with Gasteiger partial charge in [-0.05, 0) is 61.4 Å². The van der Waals surface area contributed by atoms with Gasteiger partial charge >= 0.3 is 5.97 Å². The van der Waals surface area contributed by atoms with Crippen LogP contribution >= 0.6 is 11.6 Å². The number of carbonyl (C=O) groups is 3. The Kier molecular flexibility index (Phi) is 8.21. The maximum Gasteiger partial charge on any atom is 0.338 e. The third-order valence-corrected chi connectivity index (χ3v) is 4.80. The molecule has 0 radical (unpaired) electrons. The Morgan fingerprint density at radius 2 is 1.55 bits per heavy atom. The lowest BCUT2D eigenvalue weighted by Crippen LogP contribution is -2.47. The van der Waals surface area contributed by atoms with Crippen LogP contribution in [0, 0.1) is 5.92 Å². The van der Waals surface area contributed by atoms with Crippen LogP contribution in [0.5, 0.6) is 0 Å². The van der Waals surface area contributed by atoms with Crippen molar-refractivity contribution in [2.24, 2.45) is 5.92 Å². The molecule has 154 valence electrons. The second kappa shape index (κ2) is 10.6. The van der Waals surface area contributed by atoms with Crippen LogP contribution in [0.4, 0.5) is 5.69 Å². The van der Waals surface area contributed by atoms with Gasteiger partial charge in [0.05, 0.1) is 12.2 Å². The van der Waals surface area contributed by atoms with Gasteiger partial charge in [0.1, 0.15) is 6.04 Å². The van der Waals surface area contributed by atoms with E-state index in [1.807, 2.05) is 13.8 Å². The van der Waals surface area contributed by atoms with Crippen molar-refractivity contribution in [2.75, 3.05) is 11.9 Å². The van der Waals surface area contributed by atoms with E-state index in [0.29, 0.717) is 34.9 Å². The fraction of sp³-hybridized carbons (Fsp3) is 0.318. The monoisotopic (exact) mass is 416 g/mol. The Bertz CT molecular complexity index is 850. The van der Waals surface area contributed by atoms with Crippen LogP contribution in [0.25, 0.3) is 0 Å². The van der Waals surface area contributed by atoms with Crippen LogP contribution < -0.4 is 10.6 Å². The van der Waals surface area contributed by atoms with Gasteiger partial charge in [0, 0.05) is 16.3 Å². The molecule has 0 unspecified atom stereocenters. The van der Waals surface area contributed by atoms with Crippen molar-refractivity contribution >= 4 is 35.1 Å². The second-order valence-electron chi connectivity index (χ2n) is 6.63. The first-order chi connectivity index (χ1) is 13.8. The van der Waals surface area contributed by atoms with Gasteiger partial charge in [-0.25, -0.2) is 4.79 Å². The van der Waals surface area contributed by atoms with Crippen LogP contribution in [0.15, 0.2) is 48.5 Å². The van der Waals surface area contributed by atoms with Gasteiger partial charge in [0.15, 0.2) is 0 Å². The molecule has 2 amide bonds. The number of rotatable bonds is 8. The molecule has 0 aliphatic rings. The molecule has 0 aliphatic heterocycles. The average Bonchev–Trinajstić information content (AvgIpc) is 2.72. The summed E-state index contributed by atoms with van der Waals surface area (Å²) in [5.41, 5.74) is 1.35. The first-order valence-electron chi connectivity index (χ1n) is 9.50. The zero-order valence-corrected chi connectivity index (χ0v) is 17.5. The van der Waals surface area contributed by atoms with Gasteiger partial charge in [0.2, 0.25) is 5.91 Å².